The third kappa shape index (κ3) is 3.21. The van der Waals surface area contributed by atoms with E-state index in [4.69, 9.17) is 4.55 Å². The largest absolute Gasteiger partial charge is 0.294 e. The van der Waals surface area contributed by atoms with E-state index in [1.807, 2.05) is 12.1 Å². The molecular formula is C18H13NO6S. The van der Waals surface area contributed by atoms with Crippen molar-refractivity contribution in [2.45, 2.75) is 4.90 Å². The quantitative estimate of drug-likeness (QED) is 0.386. The summed E-state index contributed by atoms with van der Waals surface area (Å²) >= 11 is 0. The van der Waals surface area contributed by atoms with Crippen molar-refractivity contribution in [1.29, 1.82) is 0 Å². The molecule has 0 radical (unpaired) electrons. The monoisotopic (exact) mass is 371 g/mol. The Bertz CT molecular complexity index is 1060. The first kappa shape index (κ1) is 17.7. The predicted molar refractivity (Wildman–Crippen MR) is 92.5 cm³/mol. The van der Waals surface area contributed by atoms with Gasteiger partial charge in [0.2, 0.25) is 0 Å². The lowest BCUT2D eigenvalue weighted by molar-refractivity contribution is -0.0377. The summed E-state index contributed by atoms with van der Waals surface area (Å²) in [4.78, 5) is 23.3. The second-order valence-corrected chi connectivity index (χ2v) is 6.84. The van der Waals surface area contributed by atoms with Gasteiger partial charge in [-0.25, -0.2) is 0 Å². The van der Waals surface area contributed by atoms with Crippen LogP contribution in [0.2, 0.25) is 0 Å². The Hall–Kier alpha value is -3.07. The lowest BCUT2D eigenvalue weighted by Crippen LogP contribution is -2.37. The van der Waals surface area contributed by atoms with Crippen molar-refractivity contribution in [3.05, 3.63) is 77.9 Å². The van der Waals surface area contributed by atoms with Gasteiger partial charge < -0.3 is 0 Å². The highest BCUT2D eigenvalue weighted by molar-refractivity contribution is 7.85. The smallest absolute Gasteiger partial charge is 0.282 e. The van der Waals surface area contributed by atoms with Gasteiger partial charge in [-0.05, 0) is 29.7 Å². The molecule has 132 valence electrons. The summed E-state index contributed by atoms with van der Waals surface area (Å²) in [6.45, 7) is 0. The van der Waals surface area contributed by atoms with E-state index in [1.54, 1.807) is 42.5 Å². The molecule has 8 heteroatoms. The zero-order valence-electron chi connectivity index (χ0n) is 13.2. The zero-order valence-corrected chi connectivity index (χ0v) is 14.1. The summed E-state index contributed by atoms with van der Waals surface area (Å²) in [5.74, 6) is -1.34. The molecule has 0 aliphatic carbocycles. The SMILES string of the molecule is O=C1c2cccc3cccc(c23)C(=O)N1O.O=S(=O)(O)c1ccccc1. The maximum absolute atomic E-state index is 11.7. The van der Waals surface area contributed by atoms with E-state index in [0.717, 1.165) is 5.39 Å². The Morgan fingerprint density at radius 2 is 1.23 bits per heavy atom. The summed E-state index contributed by atoms with van der Waals surface area (Å²) in [7, 11) is -4.00. The molecule has 0 aromatic heterocycles. The number of hydrogen-bond donors (Lipinski definition) is 2. The van der Waals surface area contributed by atoms with E-state index < -0.39 is 21.9 Å². The number of carbonyl (C=O) groups is 2. The lowest BCUT2D eigenvalue weighted by atomic mass is 9.95. The van der Waals surface area contributed by atoms with Crippen LogP contribution < -0.4 is 0 Å². The summed E-state index contributed by atoms with van der Waals surface area (Å²) in [6, 6.07) is 17.7. The van der Waals surface area contributed by atoms with Crippen LogP contribution in [0.1, 0.15) is 20.7 Å². The minimum Gasteiger partial charge on any atom is -0.282 e. The molecule has 0 atom stereocenters. The highest BCUT2D eigenvalue weighted by Crippen LogP contribution is 2.28. The fraction of sp³-hybridized carbons (Fsp3) is 0. The lowest BCUT2D eigenvalue weighted by Gasteiger charge is -2.21. The Morgan fingerprint density at radius 1 is 0.731 bits per heavy atom. The number of imide groups is 1. The van der Waals surface area contributed by atoms with Crippen LogP contribution in [-0.4, -0.2) is 35.1 Å². The second-order valence-electron chi connectivity index (χ2n) is 5.42. The molecule has 3 aromatic rings. The summed E-state index contributed by atoms with van der Waals surface area (Å²) in [5.41, 5.74) is 0.713. The van der Waals surface area contributed by atoms with E-state index in [-0.39, 0.29) is 9.96 Å². The molecule has 4 rings (SSSR count). The highest BCUT2D eigenvalue weighted by Gasteiger charge is 2.31. The van der Waals surface area contributed by atoms with Crippen LogP contribution in [0.5, 0.6) is 0 Å². The van der Waals surface area contributed by atoms with Gasteiger partial charge in [-0.2, -0.15) is 8.42 Å². The first-order valence-corrected chi connectivity index (χ1v) is 8.86. The Kier molecular flexibility index (Phi) is 4.56. The first-order valence-electron chi connectivity index (χ1n) is 7.42. The number of nitrogens with zero attached hydrogens (tertiary/aromatic N) is 1. The summed E-state index contributed by atoms with van der Waals surface area (Å²) < 4.78 is 29.2. The topological polar surface area (TPSA) is 112 Å². The minimum atomic E-state index is -4.00. The van der Waals surface area contributed by atoms with Crippen molar-refractivity contribution in [3.8, 4) is 0 Å². The fourth-order valence-electron chi connectivity index (χ4n) is 2.61. The molecule has 1 aliphatic heterocycles. The standard InChI is InChI=1S/C12H7NO3.C6H6O3S/c14-11-8-5-1-3-7-4-2-6-9(10(7)8)12(15)13(11)16;7-10(8,9)6-4-2-1-3-5-6/h1-6,16H;1-5H,(H,7,8,9). The molecule has 2 N–H and O–H groups in total. The molecule has 0 unspecified atom stereocenters. The molecule has 0 spiro atoms. The van der Waals surface area contributed by atoms with Gasteiger partial charge in [-0.1, -0.05) is 42.5 Å². The zero-order chi connectivity index (χ0) is 18.9. The van der Waals surface area contributed by atoms with Crippen LogP contribution in [0.4, 0.5) is 0 Å². The number of benzene rings is 3. The molecule has 1 heterocycles. The minimum absolute atomic E-state index is 0.0741. The molecule has 0 bridgehead atoms. The van der Waals surface area contributed by atoms with E-state index in [1.165, 1.54) is 12.1 Å². The first-order chi connectivity index (χ1) is 12.3. The average molecular weight is 371 g/mol. The van der Waals surface area contributed by atoms with E-state index in [0.29, 0.717) is 16.5 Å². The number of rotatable bonds is 1. The van der Waals surface area contributed by atoms with Crippen LogP contribution in [-0.2, 0) is 10.1 Å². The summed E-state index contributed by atoms with van der Waals surface area (Å²) in [6.07, 6.45) is 0. The normalized spacial score (nSPS) is 13.4. The van der Waals surface area contributed by atoms with Gasteiger partial charge in [0, 0.05) is 5.39 Å². The molecule has 0 saturated heterocycles. The molecule has 3 aromatic carbocycles. The van der Waals surface area contributed by atoms with E-state index in [9.17, 15) is 23.2 Å². The third-order valence-corrected chi connectivity index (χ3v) is 4.66. The van der Waals surface area contributed by atoms with Crippen LogP contribution >= 0.6 is 0 Å². The van der Waals surface area contributed by atoms with Crippen molar-refractivity contribution in [1.82, 2.24) is 5.06 Å². The van der Waals surface area contributed by atoms with Gasteiger partial charge >= 0.3 is 0 Å². The fourth-order valence-corrected chi connectivity index (χ4v) is 3.11. The average Bonchev–Trinajstić information content (AvgIpc) is 2.65. The van der Waals surface area contributed by atoms with Gasteiger partial charge in [0.15, 0.2) is 0 Å². The summed E-state index contributed by atoms with van der Waals surface area (Å²) in [5, 5.41) is 11.0. The molecule has 26 heavy (non-hydrogen) atoms. The Balaban J connectivity index is 0.000000170. The maximum atomic E-state index is 11.7. The van der Waals surface area contributed by atoms with E-state index in [2.05, 4.69) is 0 Å². The van der Waals surface area contributed by atoms with Crippen molar-refractivity contribution in [2.24, 2.45) is 0 Å². The second kappa shape index (κ2) is 6.68. The van der Waals surface area contributed by atoms with Gasteiger partial charge in [-0.15, -0.1) is 5.06 Å². The highest BCUT2D eigenvalue weighted by atomic mass is 32.2. The molecule has 7 nitrogen and oxygen atoms in total. The molecule has 0 fully saturated rings. The van der Waals surface area contributed by atoms with Crippen molar-refractivity contribution in [2.75, 3.05) is 0 Å². The van der Waals surface area contributed by atoms with Gasteiger partial charge in [-0.3, -0.25) is 19.3 Å². The van der Waals surface area contributed by atoms with Crippen LogP contribution in [0.25, 0.3) is 10.8 Å². The Labute approximate surface area is 148 Å². The van der Waals surface area contributed by atoms with Crippen molar-refractivity contribution in [3.63, 3.8) is 0 Å². The van der Waals surface area contributed by atoms with Crippen molar-refractivity contribution < 1.29 is 27.8 Å². The molecular weight excluding hydrogens is 358 g/mol. The number of amides is 2. The third-order valence-electron chi connectivity index (χ3n) is 3.79. The number of carbonyl (C=O) groups excluding carboxylic acids is 2. The van der Waals surface area contributed by atoms with Crippen LogP contribution in [0, 0.1) is 0 Å². The van der Waals surface area contributed by atoms with Gasteiger partial charge in [0.25, 0.3) is 21.9 Å². The Morgan fingerprint density at radius 3 is 1.65 bits per heavy atom. The van der Waals surface area contributed by atoms with Crippen LogP contribution in [0.15, 0.2) is 71.6 Å². The number of hydroxylamine groups is 2. The molecule has 1 aliphatic rings. The predicted octanol–water partition coefficient (Wildman–Crippen LogP) is 2.76. The molecule has 2 amide bonds. The van der Waals surface area contributed by atoms with E-state index >= 15 is 0 Å². The molecule has 0 saturated carbocycles. The maximum Gasteiger partial charge on any atom is 0.294 e. The van der Waals surface area contributed by atoms with Crippen molar-refractivity contribution >= 4 is 32.7 Å². The van der Waals surface area contributed by atoms with Gasteiger partial charge in [0.1, 0.15) is 0 Å². The van der Waals surface area contributed by atoms with Crippen LogP contribution in [0.3, 0.4) is 0 Å². The van der Waals surface area contributed by atoms with Gasteiger partial charge in [0.05, 0.1) is 16.0 Å². The number of hydrogen-bond acceptors (Lipinski definition) is 5.